The molecule has 3 aromatic rings. The van der Waals surface area contributed by atoms with Gasteiger partial charge in [-0.15, -0.1) is 5.10 Å². The fourth-order valence-electron chi connectivity index (χ4n) is 2.59. The molecule has 0 radical (unpaired) electrons. The number of nitrogens with one attached hydrogen (secondary N) is 2. The first-order valence-electron chi connectivity index (χ1n) is 6.84. The molecule has 0 saturated carbocycles. The van der Waals surface area contributed by atoms with Crippen LogP contribution in [0.2, 0.25) is 0 Å². The van der Waals surface area contributed by atoms with Gasteiger partial charge in [0.2, 0.25) is 5.95 Å². The zero-order valence-electron chi connectivity index (χ0n) is 11.5. The fraction of sp³-hybridized carbons (Fsp3) is 0.214. The van der Waals surface area contributed by atoms with Crippen LogP contribution in [0.1, 0.15) is 11.1 Å². The normalized spacial score (nSPS) is 16.5. The lowest BCUT2D eigenvalue weighted by Crippen LogP contribution is -2.20. The van der Waals surface area contributed by atoms with E-state index in [0.29, 0.717) is 11.5 Å². The highest BCUT2D eigenvalue weighted by molar-refractivity contribution is 5.50. The standard InChI is InChI=1S/C14H12N6O2/c21-14-20-19-12(22-14)10-6-16-13(17-7-10)18-11-3-8-1-2-15-5-9(8)4-11/h1-2,5-7,11H,3-4H2,(H,20,21)(H,16,17,18). The summed E-state index contributed by atoms with van der Waals surface area (Å²) in [7, 11) is 0. The molecule has 2 N–H and O–H groups in total. The number of pyridine rings is 1. The Labute approximate surface area is 124 Å². The molecule has 4 rings (SSSR count). The third-order valence-corrected chi connectivity index (χ3v) is 3.61. The molecule has 0 spiro atoms. The predicted molar refractivity (Wildman–Crippen MR) is 77.2 cm³/mol. The molecule has 0 aromatic carbocycles. The van der Waals surface area contributed by atoms with Crippen molar-refractivity contribution >= 4 is 5.95 Å². The number of hydrogen-bond donors (Lipinski definition) is 2. The van der Waals surface area contributed by atoms with E-state index in [1.165, 1.54) is 11.1 Å². The maximum atomic E-state index is 10.9. The number of nitrogens with zero attached hydrogens (tertiary/aromatic N) is 4. The molecule has 8 heteroatoms. The molecule has 0 aliphatic heterocycles. The summed E-state index contributed by atoms with van der Waals surface area (Å²) in [4.78, 5) is 23.5. The van der Waals surface area contributed by atoms with Gasteiger partial charge in [-0.25, -0.2) is 19.9 Å². The highest BCUT2D eigenvalue weighted by Crippen LogP contribution is 2.23. The van der Waals surface area contributed by atoms with E-state index < -0.39 is 5.76 Å². The highest BCUT2D eigenvalue weighted by atomic mass is 16.4. The van der Waals surface area contributed by atoms with E-state index in [4.69, 9.17) is 4.42 Å². The minimum atomic E-state index is -0.602. The van der Waals surface area contributed by atoms with E-state index >= 15 is 0 Å². The smallest absolute Gasteiger partial charge is 0.388 e. The average molecular weight is 296 g/mol. The molecule has 0 bridgehead atoms. The maximum absolute atomic E-state index is 10.9. The number of H-pyrrole nitrogens is 1. The Morgan fingerprint density at radius 3 is 2.73 bits per heavy atom. The second-order valence-corrected chi connectivity index (χ2v) is 5.11. The van der Waals surface area contributed by atoms with Crippen LogP contribution in [0, 0.1) is 0 Å². The Kier molecular flexibility index (Phi) is 2.92. The lowest BCUT2D eigenvalue weighted by molar-refractivity contribution is 0.526. The van der Waals surface area contributed by atoms with Crippen LogP contribution < -0.4 is 11.1 Å². The van der Waals surface area contributed by atoms with Crippen molar-refractivity contribution in [1.29, 1.82) is 0 Å². The Morgan fingerprint density at radius 2 is 2.00 bits per heavy atom. The summed E-state index contributed by atoms with van der Waals surface area (Å²) >= 11 is 0. The van der Waals surface area contributed by atoms with Crippen molar-refractivity contribution in [3.63, 3.8) is 0 Å². The van der Waals surface area contributed by atoms with Crippen LogP contribution in [0.3, 0.4) is 0 Å². The first-order valence-corrected chi connectivity index (χ1v) is 6.84. The van der Waals surface area contributed by atoms with Crippen LogP contribution in [-0.4, -0.2) is 31.2 Å². The van der Waals surface area contributed by atoms with E-state index in [9.17, 15) is 4.79 Å². The molecule has 3 heterocycles. The van der Waals surface area contributed by atoms with Gasteiger partial charge in [0.25, 0.3) is 5.89 Å². The number of anilines is 1. The molecule has 3 aromatic heterocycles. The van der Waals surface area contributed by atoms with Crippen molar-refractivity contribution < 1.29 is 4.42 Å². The molecule has 22 heavy (non-hydrogen) atoms. The Morgan fingerprint density at radius 1 is 1.18 bits per heavy atom. The fourth-order valence-corrected chi connectivity index (χ4v) is 2.59. The molecule has 0 amide bonds. The van der Waals surface area contributed by atoms with Gasteiger partial charge in [0.05, 0.1) is 5.56 Å². The number of hydrogen-bond acceptors (Lipinski definition) is 7. The van der Waals surface area contributed by atoms with E-state index in [-0.39, 0.29) is 11.9 Å². The summed E-state index contributed by atoms with van der Waals surface area (Å²) < 4.78 is 4.86. The molecular weight excluding hydrogens is 284 g/mol. The molecule has 1 unspecified atom stereocenters. The number of fused-ring (bicyclic) bond motifs is 1. The van der Waals surface area contributed by atoms with Crippen LogP contribution in [0.15, 0.2) is 40.1 Å². The van der Waals surface area contributed by atoms with E-state index in [2.05, 4.69) is 30.5 Å². The highest BCUT2D eigenvalue weighted by Gasteiger charge is 2.21. The number of rotatable bonds is 3. The molecule has 1 aliphatic rings. The van der Waals surface area contributed by atoms with Gasteiger partial charge in [0, 0.05) is 30.8 Å². The average Bonchev–Trinajstić information content (AvgIpc) is 3.13. The molecule has 1 atom stereocenters. The topological polar surface area (TPSA) is 110 Å². The zero-order valence-corrected chi connectivity index (χ0v) is 11.5. The first-order chi connectivity index (χ1) is 10.8. The monoisotopic (exact) mass is 296 g/mol. The van der Waals surface area contributed by atoms with Gasteiger partial charge in [-0.05, 0) is 30.0 Å². The Hall–Kier alpha value is -3.03. The minimum Gasteiger partial charge on any atom is -0.388 e. The molecule has 110 valence electrons. The van der Waals surface area contributed by atoms with Gasteiger partial charge in [0.1, 0.15) is 0 Å². The summed E-state index contributed by atoms with van der Waals surface area (Å²) in [5.41, 5.74) is 3.11. The van der Waals surface area contributed by atoms with Gasteiger partial charge < -0.3 is 9.73 Å². The summed E-state index contributed by atoms with van der Waals surface area (Å²) in [6, 6.07) is 2.30. The van der Waals surface area contributed by atoms with Crippen LogP contribution in [-0.2, 0) is 12.8 Å². The predicted octanol–water partition coefficient (Wildman–Crippen LogP) is 0.794. The lowest BCUT2D eigenvalue weighted by atomic mass is 10.2. The lowest BCUT2D eigenvalue weighted by Gasteiger charge is -2.11. The van der Waals surface area contributed by atoms with Crippen LogP contribution >= 0.6 is 0 Å². The molecule has 1 aliphatic carbocycles. The van der Waals surface area contributed by atoms with Crippen LogP contribution in [0.4, 0.5) is 5.95 Å². The van der Waals surface area contributed by atoms with Crippen LogP contribution in [0.25, 0.3) is 11.5 Å². The summed E-state index contributed by atoms with van der Waals surface area (Å²) in [6.07, 6.45) is 8.68. The number of aromatic amines is 1. The van der Waals surface area contributed by atoms with Gasteiger partial charge >= 0.3 is 5.76 Å². The Bertz CT molecular complexity index is 829. The first kappa shape index (κ1) is 12.7. The molecule has 0 saturated heterocycles. The van der Waals surface area contributed by atoms with Crippen molar-refractivity contribution in [3.8, 4) is 11.5 Å². The number of aromatic nitrogens is 5. The molecular formula is C14H12N6O2. The third kappa shape index (κ3) is 2.34. The SMILES string of the molecule is O=c1[nH]nc(-c2cnc(NC3Cc4ccncc4C3)nc2)o1. The van der Waals surface area contributed by atoms with Crippen molar-refractivity contribution in [2.75, 3.05) is 5.32 Å². The summed E-state index contributed by atoms with van der Waals surface area (Å²) in [5, 5.41) is 9.24. The third-order valence-electron chi connectivity index (χ3n) is 3.61. The Balaban J connectivity index is 1.47. The zero-order chi connectivity index (χ0) is 14.9. The summed E-state index contributed by atoms with van der Waals surface area (Å²) in [6.45, 7) is 0. The van der Waals surface area contributed by atoms with Crippen molar-refractivity contribution in [1.82, 2.24) is 25.1 Å². The van der Waals surface area contributed by atoms with Gasteiger partial charge in [0.15, 0.2) is 0 Å². The van der Waals surface area contributed by atoms with Gasteiger partial charge in [-0.1, -0.05) is 0 Å². The van der Waals surface area contributed by atoms with E-state index in [1.807, 2.05) is 18.5 Å². The van der Waals surface area contributed by atoms with Gasteiger partial charge in [-0.3, -0.25) is 4.98 Å². The van der Waals surface area contributed by atoms with Crippen molar-refractivity contribution in [3.05, 3.63) is 52.5 Å². The second-order valence-electron chi connectivity index (χ2n) is 5.11. The van der Waals surface area contributed by atoms with E-state index in [1.54, 1.807) is 12.4 Å². The molecule has 8 nitrogen and oxygen atoms in total. The van der Waals surface area contributed by atoms with Crippen LogP contribution in [0.5, 0.6) is 0 Å². The molecule has 0 fully saturated rings. The largest absolute Gasteiger partial charge is 0.434 e. The van der Waals surface area contributed by atoms with Crippen molar-refractivity contribution in [2.24, 2.45) is 0 Å². The van der Waals surface area contributed by atoms with E-state index in [0.717, 1.165) is 12.8 Å². The maximum Gasteiger partial charge on any atom is 0.434 e. The van der Waals surface area contributed by atoms with Gasteiger partial charge in [-0.2, -0.15) is 0 Å². The minimum absolute atomic E-state index is 0.177. The quantitative estimate of drug-likeness (QED) is 0.735. The second kappa shape index (κ2) is 5.06. The summed E-state index contributed by atoms with van der Waals surface area (Å²) in [5.74, 6) is 0.109. The van der Waals surface area contributed by atoms with Crippen molar-refractivity contribution in [2.45, 2.75) is 18.9 Å².